The molecule has 0 radical (unpaired) electrons. The predicted molar refractivity (Wildman–Crippen MR) is 149 cm³/mol. The maximum atomic E-state index is 13.7. The van der Waals surface area contributed by atoms with Gasteiger partial charge in [-0.15, -0.1) is 21.5 Å². The average Bonchev–Trinajstić information content (AvgIpc) is 3.62. The number of carbonyl (C=O) groups is 2. The van der Waals surface area contributed by atoms with Gasteiger partial charge in [-0.2, -0.15) is 0 Å². The largest absolute Gasteiger partial charge is 0.465 e. The van der Waals surface area contributed by atoms with Crippen LogP contribution in [0.25, 0.3) is 0 Å². The lowest BCUT2D eigenvalue weighted by Gasteiger charge is -2.40. The van der Waals surface area contributed by atoms with Crippen molar-refractivity contribution in [3.63, 3.8) is 0 Å². The Kier molecular flexibility index (Phi) is 8.61. The normalized spacial score (nSPS) is 25.7. The number of ether oxygens (including phenoxy) is 1. The Morgan fingerprint density at radius 2 is 1.80 bits per heavy atom. The maximum Gasteiger partial charge on any atom is 0.338 e. The minimum atomic E-state index is -2.67. The molecule has 2 aromatic rings. The number of hydrogen-bond acceptors (Lipinski definition) is 7. The molecule has 4 heterocycles. The Balaban J connectivity index is 1.27. The third-order valence-corrected chi connectivity index (χ3v) is 10.1. The fraction of sp³-hybridized carbons (Fsp3) is 0.724. The van der Waals surface area contributed by atoms with Crippen molar-refractivity contribution in [3.05, 3.63) is 33.5 Å². The van der Waals surface area contributed by atoms with Crippen LogP contribution in [0.5, 0.6) is 0 Å². The number of piperidine rings is 1. The summed E-state index contributed by atoms with van der Waals surface area (Å²) < 4.78 is 34.6. The van der Waals surface area contributed by atoms with Crippen molar-refractivity contribution in [1.82, 2.24) is 25.0 Å². The number of aromatic nitrogens is 3. The minimum Gasteiger partial charge on any atom is -0.465 e. The molecular weight excluding hydrogens is 536 g/mol. The number of alkyl halides is 2. The van der Waals surface area contributed by atoms with E-state index in [4.69, 9.17) is 4.74 Å². The second-order valence-electron chi connectivity index (χ2n) is 12.1. The number of methoxy groups -OCH3 is 1. The van der Waals surface area contributed by atoms with Crippen LogP contribution in [0.4, 0.5) is 8.78 Å². The van der Waals surface area contributed by atoms with E-state index in [1.807, 2.05) is 6.92 Å². The third-order valence-electron chi connectivity index (χ3n) is 9.10. The fourth-order valence-corrected chi connectivity index (χ4v) is 7.93. The van der Waals surface area contributed by atoms with Crippen LogP contribution in [0, 0.1) is 12.8 Å². The highest BCUT2D eigenvalue weighted by Gasteiger charge is 2.43. The molecule has 2 saturated heterocycles. The Morgan fingerprint density at radius 3 is 2.42 bits per heavy atom. The monoisotopic (exact) mass is 577 g/mol. The zero-order chi connectivity index (χ0) is 28.6. The molecule has 1 aliphatic carbocycles. The van der Waals surface area contributed by atoms with Gasteiger partial charge in [-0.3, -0.25) is 9.69 Å². The summed E-state index contributed by atoms with van der Waals surface area (Å²) in [7, 11) is 1.35. The summed E-state index contributed by atoms with van der Waals surface area (Å²) >= 11 is 1.43. The van der Waals surface area contributed by atoms with Crippen molar-refractivity contribution < 1.29 is 23.1 Å². The van der Waals surface area contributed by atoms with Gasteiger partial charge < -0.3 is 14.6 Å². The number of rotatable bonds is 9. The lowest BCUT2D eigenvalue weighted by atomic mass is 9.86. The van der Waals surface area contributed by atoms with Crippen LogP contribution in [0.1, 0.15) is 117 Å². The second-order valence-corrected chi connectivity index (χ2v) is 13.0. The van der Waals surface area contributed by atoms with Gasteiger partial charge in [0.2, 0.25) is 11.8 Å². The quantitative estimate of drug-likeness (QED) is 0.379. The van der Waals surface area contributed by atoms with Gasteiger partial charge in [-0.05, 0) is 57.9 Å². The van der Waals surface area contributed by atoms with Gasteiger partial charge in [0.25, 0.3) is 0 Å². The van der Waals surface area contributed by atoms with E-state index in [9.17, 15) is 18.4 Å². The van der Waals surface area contributed by atoms with Crippen LogP contribution in [0.3, 0.4) is 0 Å². The molecule has 2 bridgehead atoms. The zero-order valence-corrected chi connectivity index (χ0v) is 24.7. The Morgan fingerprint density at radius 1 is 1.12 bits per heavy atom. The highest BCUT2D eigenvalue weighted by Crippen LogP contribution is 2.43. The molecular formula is C29H41F2N5O3S. The number of nitrogens with zero attached hydrogens (tertiary/aromatic N) is 4. The third kappa shape index (κ3) is 6.10. The van der Waals surface area contributed by atoms with Crippen LogP contribution >= 0.6 is 11.3 Å². The maximum absolute atomic E-state index is 13.7. The van der Waals surface area contributed by atoms with Crippen LogP contribution in [0.15, 0.2) is 11.4 Å². The Labute approximate surface area is 238 Å². The molecule has 1 N–H and O–H groups in total. The van der Waals surface area contributed by atoms with E-state index in [2.05, 4.69) is 38.8 Å². The number of nitrogens with one attached hydrogen (secondary N) is 1. The molecule has 40 heavy (non-hydrogen) atoms. The highest BCUT2D eigenvalue weighted by atomic mass is 32.1. The first-order chi connectivity index (χ1) is 19.1. The summed E-state index contributed by atoms with van der Waals surface area (Å²) in [5.41, 5.74) is 0.463. The van der Waals surface area contributed by atoms with Crippen LogP contribution in [-0.2, 0) is 9.53 Å². The number of esters is 1. The van der Waals surface area contributed by atoms with E-state index >= 15 is 0 Å². The molecule has 1 amide bonds. The van der Waals surface area contributed by atoms with E-state index in [1.165, 1.54) is 18.4 Å². The molecule has 0 aromatic carbocycles. The summed E-state index contributed by atoms with van der Waals surface area (Å²) in [6, 6.07) is 2.80. The number of aryl methyl sites for hydroxylation is 1. The first-order valence-corrected chi connectivity index (χ1v) is 15.5. The zero-order valence-electron chi connectivity index (χ0n) is 23.9. The summed E-state index contributed by atoms with van der Waals surface area (Å²) in [6.07, 6.45) is 4.99. The molecule has 3 aliphatic rings. The Hall–Kier alpha value is -2.40. The SMILES string of the molecule is COC(=O)c1csc([C@H](CCN2C3CCC2CC(n2c(C)nnc2C(C)C)C3)NC(=O)C2CCC(F)(F)CC2)c1. The van der Waals surface area contributed by atoms with Gasteiger partial charge in [0.05, 0.1) is 18.7 Å². The molecule has 1 saturated carbocycles. The van der Waals surface area contributed by atoms with Gasteiger partial charge in [-0.25, -0.2) is 13.6 Å². The first-order valence-electron chi connectivity index (χ1n) is 14.6. The van der Waals surface area contributed by atoms with Crippen molar-refractivity contribution >= 4 is 23.2 Å². The number of amides is 1. The molecule has 8 nitrogen and oxygen atoms in total. The topological polar surface area (TPSA) is 89.3 Å². The number of hydrogen-bond donors (Lipinski definition) is 1. The number of halogens is 2. The van der Waals surface area contributed by atoms with E-state index in [1.54, 1.807) is 11.4 Å². The molecule has 0 spiro atoms. The fourth-order valence-electron chi connectivity index (χ4n) is 6.97. The van der Waals surface area contributed by atoms with Crippen molar-refractivity contribution in [3.8, 4) is 0 Å². The predicted octanol–water partition coefficient (Wildman–Crippen LogP) is 5.80. The van der Waals surface area contributed by atoms with Gasteiger partial charge in [0.15, 0.2) is 0 Å². The number of thiophene rings is 1. The van der Waals surface area contributed by atoms with E-state index < -0.39 is 17.8 Å². The molecule has 2 unspecified atom stereocenters. The lowest BCUT2D eigenvalue weighted by Crippen LogP contribution is -2.45. The lowest BCUT2D eigenvalue weighted by molar-refractivity contribution is -0.130. The second kappa shape index (κ2) is 11.8. The highest BCUT2D eigenvalue weighted by molar-refractivity contribution is 7.10. The summed E-state index contributed by atoms with van der Waals surface area (Å²) in [4.78, 5) is 28.8. The van der Waals surface area contributed by atoms with Gasteiger partial charge in [0, 0.05) is 59.6 Å². The molecule has 11 heteroatoms. The standard InChI is InChI=1S/C29H41F2N5O3S/c1-17(2)26-34-33-18(3)36(26)23-14-21-5-6-22(15-23)35(21)12-9-24(25-13-20(16-40-25)28(38)39-4)32-27(37)19-7-10-29(30,31)11-8-19/h13,16-17,19,21-24H,5-12,14-15H2,1-4H3,(H,32,37)/t21?,22?,23?,24-/m0/s1. The summed E-state index contributed by atoms with van der Waals surface area (Å²) in [6.45, 7) is 7.18. The van der Waals surface area contributed by atoms with Crippen molar-refractivity contribution in [2.75, 3.05) is 13.7 Å². The van der Waals surface area contributed by atoms with Gasteiger partial charge in [-0.1, -0.05) is 13.8 Å². The molecule has 2 aromatic heterocycles. The van der Waals surface area contributed by atoms with E-state index in [-0.39, 0.29) is 37.6 Å². The molecule has 3 fully saturated rings. The first kappa shape index (κ1) is 29.1. The van der Waals surface area contributed by atoms with Crippen molar-refractivity contribution in [2.45, 2.75) is 115 Å². The summed E-state index contributed by atoms with van der Waals surface area (Å²) in [5, 5.41) is 13.8. The molecule has 2 aliphatic heterocycles. The smallest absolute Gasteiger partial charge is 0.338 e. The van der Waals surface area contributed by atoms with Crippen LogP contribution < -0.4 is 5.32 Å². The number of fused-ring (bicyclic) bond motifs is 2. The number of carbonyl (C=O) groups excluding carboxylic acids is 2. The van der Waals surface area contributed by atoms with E-state index in [0.29, 0.717) is 36.0 Å². The van der Waals surface area contributed by atoms with Crippen molar-refractivity contribution in [1.29, 1.82) is 0 Å². The van der Waals surface area contributed by atoms with Crippen LogP contribution in [0.2, 0.25) is 0 Å². The summed E-state index contributed by atoms with van der Waals surface area (Å²) in [5.74, 6) is -1.31. The van der Waals surface area contributed by atoms with Gasteiger partial charge >= 0.3 is 5.97 Å². The van der Waals surface area contributed by atoms with E-state index in [0.717, 1.165) is 48.8 Å². The average molecular weight is 578 g/mol. The minimum absolute atomic E-state index is 0.167. The molecule has 220 valence electrons. The molecule has 3 atom stereocenters. The van der Waals surface area contributed by atoms with Crippen LogP contribution in [-0.4, -0.2) is 63.2 Å². The molecule has 5 rings (SSSR count). The van der Waals surface area contributed by atoms with Crippen molar-refractivity contribution in [2.24, 2.45) is 5.92 Å². The Bertz CT molecular complexity index is 1190. The van der Waals surface area contributed by atoms with Gasteiger partial charge in [0.1, 0.15) is 11.6 Å².